The van der Waals surface area contributed by atoms with Crippen molar-refractivity contribution < 1.29 is 9.00 Å². The van der Waals surface area contributed by atoms with Crippen LogP contribution in [-0.2, 0) is 15.8 Å². The van der Waals surface area contributed by atoms with Gasteiger partial charge in [0.15, 0.2) is 11.0 Å². The Kier molecular flexibility index (Phi) is 6.25. The van der Waals surface area contributed by atoms with E-state index in [0.717, 1.165) is 5.75 Å². The van der Waals surface area contributed by atoms with Crippen LogP contribution in [-0.4, -0.2) is 28.2 Å². The molecule has 0 aliphatic heterocycles. The summed E-state index contributed by atoms with van der Waals surface area (Å²) in [6.07, 6.45) is 2.53. The van der Waals surface area contributed by atoms with Crippen molar-refractivity contribution in [3.05, 3.63) is 30.3 Å². The first kappa shape index (κ1) is 14.2. The molecule has 0 fully saturated rings. The predicted octanol–water partition coefficient (Wildman–Crippen LogP) is 0.906. The number of hydrogen-bond donors (Lipinski definition) is 2. The van der Waals surface area contributed by atoms with Gasteiger partial charge in [0.25, 0.3) is 0 Å². The van der Waals surface area contributed by atoms with Gasteiger partial charge in [-0.15, -0.1) is 0 Å². The van der Waals surface area contributed by atoms with Gasteiger partial charge in [0.2, 0.25) is 5.91 Å². The number of benzene rings is 1. The molecule has 3 N–H and O–H groups in total. The summed E-state index contributed by atoms with van der Waals surface area (Å²) < 4.78 is 14.2. The average molecular weight is 272 g/mol. The molecular formula is C11H16N2O2S2. The van der Waals surface area contributed by atoms with E-state index in [4.69, 9.17) is 5.73 Å². The normalized spacial score (nSPS) is 14.0. The lowest BCUT2D eigenvalue weighted by Gasteiger charge is -2.10. The maximum atomic E-state index is 11.8. The van der Waals surface area contributed by atoms with Crippen molar-refractivity contribution >= 4 is 28.7 Å². The number of carbonyl (C=O) groups is 1. The molecule has 0 aromatic heterocycles. The van der Waals surface area contributed by atoms with Crippen molar-refractivity contribution in [3.8, 4) is 0 Å². The van der Waals surface area contributed by atoms with Crippen LogP contribution >= 0.6 is 11.8 Å². The van der Waals surface area contributed by atoms with E-state index in [1.807, 2.05) is 12.3 Å². The van der Waals surface area contributed by atoms with E-state index in [1.54, 1.807) is 36.0 Å². The van der Waals surface area contributed by atoms with E-state index in [0.29, 0.717) is 11.3 Å². The van der Waals surface area contributed by atoms with Gasteiger partial charge in [-0.1, -0.05) is 18.2 Å². The van der Waals surface area contributed by atoms with E-state index < -0.39 is 17.0 Å². The largest absolute Gasteiger partial charge is 0.320 e. The van der Waals surface area contributed by atoms with Crippen LogP contribution in [0.2, 0.25) is 0 Å². The van der Waals surface area contributed by atoms with Crippen molar-refractivity contribution in [1.82, 2.24) is 4.72 Å². The zero-order chi connectivity index (χ0) is 12.7. The molecule has 1 rings (SSSR count). The maximum absolute atomic E-state index is 11.8. The maximum Gasteiger partial charge on any atom is 0.248 e. The molecule has 0 aliphatic rings. The average Bonchev–Trinajstić information content (AvgIpc) is 2.36. The Morgan fingerprint density at radius 2 is 2.12 bits per heavy atom. The topological polar surface area (TPSA) is 72.2 Å². The molecule has 2 unspecified atom stereocenters. The minimum absolute atomic E-state index is 0.374. The van der Waals surface area contributed by atoms with E-state index in [2.05, 4.69) is 4.72 Å². The van der Waals surface area contributed by atoms with Crippen LogP contribution < -0.4 is 10.5 Å². The molecule has 2 atom stereocenters. The van der Waals surface area contributed by atoms with Gasteiger partial charge < -0.3 is 5.73 Å². The highest BCUT2D eigenvalue weighted by molar-refractivity contribution is 7.98. The minimum atomic E-state index is -1.53. The molecular weight excluding hydrogens is 256 g/mol. The molecule has 17 heavy (non-hydrogen) atoms. The predicted molar refractivity (Wildman–Crippen MR) is 72.0 cm³/mol. The van der Waals surface area contributed by atoms with Gasteiger partial charge >= 0.3 is 0 Å². The monoisotopic (exact) mass is 272 g/mol. The first-order valence-electron chi connectivity index (χ1n) is 5.17. The lowest BCUT2D eigenvalue weighted by atomic mass is 10.2. The van der Waals surface area contributed by atoms with Crippen molar-refractivity contribution in [2.75, 3.05) is 12.0 Å². The molecule has 0 saturated carbocycles. The summed E-state index contributed by atoms with van der Waals surface area (Å²) >= 11 is 1.63. The molecule has 0 heterocycles. The first-order chi connectivity index (χ1) is 8.15. The Hall–Kier alpha value is -0.850. The molecule has 0 radical (unpaired) electrons. The van der Waals surface area contributed by atoms with Crippen molar-refractivity contribution in [1.29, 1.82) is 0 Å². The van der Waals surface area contributed by atoms with Crippen LogP contribution in [0.15, 0.2) is 35.2 Å². The zero-order valence-corrected chi connectivity index (χ0v) is 11.2. The van der Waals surface area contributed by atoms with Crippen LogP contribution in [0.5, 0.6) is 0 Å². The van der Waals surface area contributed by atoms with Crippen molar-refractivity contribution in [2.45, 2.75) is 17.4 Å². The summed E-state index contributed by atoms with van der Waals surface area (Å²) in [4.78, 5) is 12.2. The van der Waals surface area contributed by atoms with Gasteiger partial charge in [-0.3, -0.25) is 9.52 Å². The minimum Gasteiger partial charge on any atom is -0.320 e. The fourth-order valence-corrected chi connectivity index (χ4v) is 2.49. The Morgan fingerprint density at radius 1 is 1.47 bits per heavy atom. The van der Waals surface area contributed by atoms with Gasteiger partial charge in [-0.25, -0.2) is 4.21 Å². The summed E-state index contributed by atoms with van der Waals surface area (Å²) in [5, 5.41) is 0. The number of nitrogens with two attached hydrogens (primary N) is 1. The molecule has 0 spiro atoms. The fraction of sp³-hybridized carbons (Fsp3) is 0.364. The quantitative estimate of drug-likeness (QED) is 0.807. The third-order valence-electron chi connectivity index (χ3n) is 2.12. The SMILES string of the molecule is CSCCC(N)C(=O)NS(=O)c1ccccc1. The lowest BCUT2D eigenvalue weighted by Crippen LogP contribution is -2.41. The fourth-order valence-electron chi connectivity index (χ4n) is 1.15. The highest BCUT2D eigenvalue weighted by atomic mass is 32.2. The number of thioether (sulfide) groups is 1. The summed E-state index contributed by atoms with van der Waals surface area (Å²) in [5.74, 6) is 0.438. The second-order valence-electron chi connectivity index (χ2n) is 3.44. The molecule has 6 heteroatoms. The van der Waals surface area contributed by atoms with Gasteiger partial charge in [0, 0.05) is 0 Å². The summed E-state index contributed by atoms with van der Waals surface area (Å²) in [7, 11) is -1.53. The molecule has 1 aromatic rings. The smallest absolute Gasteiger partial charge is 0.248 e. The van der Waals surface area contributed by atoms with Crippen LogP contribution in [0.25, 0.3) is 0 Å². The molecule has 0 saturated heterocycles. The van der Waals surface area contributed by atoms with Gasteiger partial charge in [0.1, 0.15) is 0 Å². The van der Waals surface area contributed by atoms with Crippen LogP contribution in [0, 0.1) is 0 Å². The number of hydrogen-bond acceptors (Lipinski definition) is 4. The first-order valence-corrected chi connectivity index (χ1v) is 7.71. The van der Waals surface area contributed by atoms with Gasteiger partial charge in [-0.2, -0.15) is 11.8 Å². The Morgan fingerprint density at radius 3 is 2.71 bits per heavy atom. The Bertz CT molecular complexity index is 384. The third kappa shape index (κ3) is 4.89. The van der Waals surface area contributed by atoms with Crippen molar-refractivity contribution in [3.63, 3.8) is 0 Å². The van der Waals surface area contributed by atoms with E-state index >= 15 is 0 Å². The third-order valence-corrected chi connectivity index (χ3v) is 3.85. The summed E-state index contributed by atoms with van der Waals surface area (Å²) in [5.41, 5.74) is 5.67. The molecule has 94 valence electrons. The van der Waals surface area contributed by atoms with E-state index in [9.17, 15) is 9.00 Å². The lowest BCUT2D eigenvalue weighted by molar-refractivity contribution is -0.120. The van der Waals surface area contributed by atoms with Crippen LogP contribution in [0.3, 0.4) is 0 Å². The van der Waals surface area contributed by atoms with Crippen LogP contribution in [0.1, 0.15) is 6.42 Å². The zero-order valence-electron chi connectivity index (χ0n) is 9.59. The standard InChI is InChI=1S/C11H16N2O2S2/c1-16-8-7-10(12)11(14)13-17(15)9-5-3-2-4-6-9/h2-6,10H,7-8,12H2,1H3,(H,13,14). The van der Waals surface area contributed by atoms with E-state index in [1.165, 1.54) is 0 Å². The highest BCUT2D eigenvalue weighted by Crippen LogP contribution is 2.04. The number of carbonyl (C=O) groups excluding carboxylic acids is 1. The molecule has 0 bridgehead atoms. The Balaban J connectivity index is 2.49. The van der Waals surface area contributed by atoms with E-state index in [-0.39, 0.29) is 5.91 Å². The molecule has 1 aromatic carbocycles. The van der Waals surface area contributed by atoms with Gasteiger partial charge in [0.05, 0.1) is 10.9 Å². The molecule has 1 amide bonds. The summed E-state index contributed by atoms with van der Waals surface area (Å²) in [6.45, 7) is 0. The van der Waals surface area contributed by atoms with Crippen LogP contribution in [0.4, 0.5) is 0 Å². The Labute approximate surface area is 108 Å². The molecule has 0 aliphatic carbocycles. The second-order valence-corrected chi connectivity index (χ2v) is 5.63. The number of rotatable bonds is 6. The molecule has 4 nitrogen and oxygen atoms in total. The number of amides is 1. The van der Waals surface area contributed by atoms with Crippen molar-refractivity contribution in [2.24, 2.45) is 5.73 Å². The second kappa shape index (κ2) is 7.47. The summed E-state index contributed by atoms with van der Waals surface area (Å²) in [6, 6.07) is 8.16. The van der Waals surface area contributed by atoms with Gasteiger partial charge in [-0.05, 0) is 30.6 Å². The highest BCUT2D eigenvalue weighted by Gasteiger charge is 2.15. The number of nitrogens with one attached hydrogen (secondary N) is 1.